The highest BCUT2D eigenvalue weighted by Gasteiger charge is 1.90. The zero-order chi connectivity index (χ0) is 8.85. The van der Waals surface area contributed by atoms with Crippen molar-refractivity contribution in [1.82, 2.24) is 0 Å². The Kier molecular flexibility index (Phi) is 4.51. The van der Waals surface area contributed by atoms with E-state index >= 15 is 0 Å². The molecule has 0 spiro atoms. The Bertz CT molecular complexity index is 197. The minimum Gasteiger partial charge on any atom is -0.269 e. The van der Waals surface area contributed by atoms with Gasteiger partial charge in [0.15, 0.2) is 0 Å². The van der Waals surface area contributed by atoms with Crippen LogP contribution < -0.4 is 0 Å². The first-order valence-corrected chi connectivity index (χ1v) is 3.93. The van der Waals surface area contributed by atoms with Crippen molar-refractivity contribution in [2.75, 3.05) is 0 Å². The van der Waals surface area contributed by atoms with Gasteiger partial charge in [-0.2, -0.15) is 0 Å². The maximum absolute atomic E-state index is 3.86. The summed E-state index contributed by atoms with van der Waals surface area (Å²) in [4.78, 5) is 3.86. The van der Waals surface area contributed by atoms with E-state index < -0.39 is 0 Å². The molecule has 1 nitrogen and oxygen atoms in total. The summed E-state index contributed by atoms with van der Waals surface area (Å²) in [6.07, 6.45) is 3.26. The molecule has 0 saturated carbocycles. The predicted molar refractivity (Wildman–Crippen MR) is 52.0 cm³/mol. The first kappa shape index (κ1) is 10.2. The minimum atomic E-state index is 1.01. The third kappa shape index (κ3) is 3.76. The molecule has 0 saturated heterocycles. The molecule has 0 aliphatic rings. The highest BCUT2D eigenvalue weighted by Crippen LogP contribution is 2.09. The molecule has 0 unspecified atom stereocenters. The van der Waals surface area contributed by atoms with Crippen molar-refractivity contribution in [3.05, 3.63) is 22.9 Å². The highest BCUT2D eigenvalue weighted by molar-refractivity contribution is 5.33. The molecule has 0 rings (SSSR count). The van der Waals surface area contributed by atoms with Crippen LogP contribution in [0.3, 0.4) is 0 Å². The van der Waals surface area contributed by atoms with Gasteiger partial charge in [0.05, 0.1) is 0 Å². The second-order valence-corrected chi connectivity index (χ2v) is 2.77. The Hall–Kier alpha value is -0.850. The van der Waals surface area contributed by atoms with Gasteiger partial charge >= 0.3 is 0 Å². The molecule has 0 bridgehead atoms. The molecule has 0 aliphatic heterocycles. The quantitative estimate of drug-likeness (QED) is 0.433. The predicted octanol–water partition coefficient (Wildman–Crippen LogP) is 3.34. The van der Waals surface area contributed by atoms with Gasteiger partial charge < -0.3 is 0 Å². The third-order valence-electron chi connectivity index (χ3n) is 1.83. The molecule has 62 valence electrons. The number of hydrogen-bond acceptors (Lipinski definition) is 1. The van der Waals surface area contributed by atoms with Crippen LogP contribution in [-0.4, -0.2) is 6.72 Å². The average Bonchev–Trinajstić information content (AvgIpc) is 2.02. The Morgan fingerprint density at radius 2 is 1.91 bits per heavy atom. The van der Waals surface area contributed by atoms with Gasteiger partial charge in [-0.3, -0.25) is 4.99 Å². The summed E-state index contributed by atoms with van der Waals surface area (Å²) in [7, 11) is 0. The molecule has 0 N–H and O–H groups in total. The van der Waals surface area contributed by atoms with E-state index in [0.29, 0.717) is 0 Å². The first-order valence-electron chi connectivity index (χ1n) is 3.93. The fourth-order valence-electron chi connectivity index (χ4n) is 0.701. The summed E-state index contributed by atoms with van der Waals surface area (Å²) in [5, 5.41) is 0. The van der Waals surface area contributed by atoms with E-state index in [0.717, 1.165) is 12.1 Å². The van der Waals surface area contributed by atoms with Gasteiger partial charge in [0.1, 0.15) is 0 Å². The van der Waals surface area contributed by atoms with Crippen LogP contribution in [0.15, 0.2) is 27.9 Å². The van der Waals surface area contributed by atoms with E-state index in [4.69, 9.17) is 0 Å². The van der Waals surface area contributed by atoms with Crippen LogP contribution in [0.5, 0.6) is 0 Å². The largest absolute Gasteiger partial charge is 0.269 e. The van der Waals surface area contributed by atoms with Crippen LogP contribution in [0.4, 0.5) is 0 Å². The normalized spacial score (nSPS) is 14.4. The smallest absolute Gasteiger partial charge is 0.0394 e. The average molecular weight is 151 g/mol. The van der Waals surface area contributed by atoms with Gasteiger partial charge in [-0.25, -0.2) is 0 Å². The van der Waals surface area contributed by atoms with Gasteiger partial charge in [0.2, 0.25) is 0 Å². The summed E-state index contributed by atoms with van der Waals surface area (Å²) < 4.78 is 0. The van der Waals surface area contributed by atoms with Crippen LogP contribution >= 0.6 is 0 Å². The summed E-state index contributed by atoms with van der Waals surface area (Å²) in [6.45, 7) is 11.8. The molecule has 1 heteroatoms. The van der Waals surface area contributed by atoms with Crippen molar-refractivity contribution >= 4 is 6.72 Å². The molecule has 0 heterocycles. The van der Waals surface area contributed by atoms with E-state index in [9.17, 15) is 0 Å². The number of nitrogens with zero attached hydrogens (tertiary/aromatic N) is 1. The van der Waals surface area contributed by atoms with Crippen molar-refractivity contribution in [2.24, 2.45) is 4.99 Å². The summed E-state index contributed by atoms with van der Waals surface area (Å²) in [5.41, 5.74) is 3.60. The number of aliphatic imine (C=N–C) groups is 1. The van der Waals surface area contributed by atoms with Crippen molar-refractivity contribution in [3.8, 4) is 0 Å². The fraction of sp³-hybridized carbons (Fsp3) is 0.500. The zero-order valence-corrected chi connectivity index (χ0v) is 7.94. The Balaban J connectivity index is 4.49. The maximum atomic E-state index is 3.86. The SMILES string of the molecule is C=N/C(C)=C(C)\C=C(/C)CC. The van der Waals surface area contributed by atoms with Gasteiger partial charge in [-0.15, -0.1) is 0 Å². The van der Waals surface area contributed by atoms with Crippen LogP contribution in [0.2, 0.25) is 0 Å². The Morgan fingerprint density at radius 3 is 2.27 bits per heavy atom. The molecule has 0 fully saturated rings. The monoisotopic (exact) mass is 151 g/mol. The van der Waals surface area contributed by atoms with E-state index in [1.165, 1.54) is 11.1 Å². The number of hydrogen-bond donors (Lipinski definition) is 0. The van der Waals surface area contributed by atoms with Crippen LogP contribution in [0.1, 0.15) is 34.1 Å². The lowest BCUT2D eigenvalue weighted by molar-refractivity contribution is 1.09. The van der Waals surface area contributed by atoms with Gasteiger partial charge in [0, 0.05) is 5.70 Å². The molecule has 0 radical (unpaired) electrons. The molecular formula is C10H17N. The van der Waals surface area contributed by atoms with Crippen molar-refractivity contribution in [3.63, 3.8) is 0 Å². The van der Waals surface area contributed by atoms with Crippen molar-refractivity contribution < 1.29 is 0 Å². The van der Waals surface area contributed by atoms with E-state index in [1.807, 2.05) is 6.92 Å². The van der Waals surface area contributed by atoms with Crippen LogP contribution in [0, 0.1) is 0 Å². The highest BCUT2D eigenvalue weighted by atomic mass is 14.7. The minimum absolute atomic E-state index is 1.01. The molecule has 0 aliphatic carbocycles. The summed E-state index contributed by atoms with van der Waals surface area (Å²) in [5.74, 6) is 0. The lowest BCUT2D eigenvalue weighted by atomic mass is 10.1. The molecule has 0 amide bonds. The van der Waals surface area contributed by atoms with Crippen LogP contribution in [0.25, 0.3) is 0 Å². The lowest BCUT2D eigenvalue weighted by Gasteiger charge is -1.98. The van der Waals surface area contributed by atoms with Crippen molar-refractivity contribution in [1.29, 1.82) is 0 Å². The molecule has 0 aromatic heterocycles. The van der Waals surface area contributed by atoms with Crippen molar-refractivity contribution in [2.45, 2.75) is 34.1 Å². The Labute approximate surface area is 69.5 Å². The molecule has 0 aromatic rings. The van der Waals surface area contributed by atoms with E-state index in [-0.39, 0.29) is 0 Å². The van der Waals surface area contributed by atoms with Gasteiger partial charge in [0.25, 0.3) is 0 Å². The van der Waals surface area contributed by atoms with E-state index in [1.54, 1.807) is 0 Å². The molecule has 0 aromatic carbocycles. The summed E-state index contributed by atoms with van der Waals surface area (Å²) in [6, 6.07) is 0. The third-order valence-corrected chi connectivity index (χ3v) is 1.83. The fourth-order valence-corrected chi connectivity index (χ4v) is 0.701. The second kappa shape index (κ2) is 4.89. The molecular weight excluding hydrogens is 134 g/mol. The molecule has 11 heavy (non-hydrogen) atoms. The lowest BCUT2D eigenvalue weighted by Crippen LogP contribution is -1.78. The first-order chi connectivity index (χ1) is 5.11. The zero-order valence-electron chi connectivity index (χ0n) is 7.94. The maximum Gasteiger partial charge on any atom is 0.0394 e. The van der Waals surface area contributed by atoms with E-state index in [2.05, 4.69) is 38.6 Å². The topological polar surface area (TPSA) is 12.4 Å². The number of rotatable bonds is 3. The number of allylic oxidation sites excluding steroid dienone is 4. The Morgan fingerprint density at radius 1 is 1.36 bits per heavy atom. The standard InChI is InChI=1S/C10H17N/c1-6-8(2)7-9(3)10(4)11-5/h7H,5-6H2,1-4H3/b8-7+,10-9-. The van der Waals surface area contributed by atoms with Crippen LogP contribution in [-0.2, 0) is 0 Å². The van der Waals surface area contributed by atoms with Gasteiger partial charge in [-0.1, -0.05) is 18.6 Å². The second-order valence-electron chi connectivity index (χ2n) is 2.77. The van der Waals surface area contributed by atoms with Gasteiger partial charge in [-0.05, 0) is 39.5 Å². The summed E-state index contributed by atoms with van der Waals surface area (Å²) >= 11 is 0. The molecule has 0 atom stereocenters.